The summed E-state index contributed by atoms with van der Waals surface area (Å²) in [6.45, 7) is 10.3. The zero-order chi connectivity index (χ0) is 17.1. The van der Waals surface area contributed by atoms with Gasteiger partial charge in [0.1, 0.15) is 0 Å². The van der Waals surface area contributed by atoms with E-state index in [1.807, 2.05) is 12.4 Å². The Balaban J connectivity index is 1.81. The summed E-state index contributed by atoms with van der Waals surface area (Å²) in [5.74, 6) is 0. The second-order valence-electron chi connectivity index (χ2n) is 7.15. The smallest absolute Gasteiger partial charge is 0.399 e. The lowest BCUT2D eigenvalue weighted by molar-refractivity contribution is 0.00578. The van der Waals surface area contributed by atoms with Gasteiger partial charge in [0, 0.05) is 11.0 Å². The number of aromatic nitrogens is 2. The summed E-state index contributed by atoms with van der Waals surface area (Å²) < 4.78 is 18.0. The predicted molar refractivity (Wildman–Crippen MR) is 101 cm³/mol. The average Bonchev–Trinajstić information content (AvgIpc) is 3.17. The molecule has 0 atom stereocenters. The highest BCUT2D eigenvalue weighted by Crippen LogP contribution is 2.38. The van der Waals surface area contributed by atoms with Gasteiger partial charge in [-0.3, -0.25) is 0 Å². The molecule has 1 aromatic carbocycles. The molecule has 0 saturated carbocycles. The van der Waals surface area contributed by atoms with Crippen LogP contribution < -0.4 is 5.46 Å². The van der Waals surface area contributed by atoms with Crippen molar-refractivity contribution in [2.75, 3.05) is 0 Å². The molecule has 4 nitrogen and oxygen atoms in total. The minimum atomic E-state index is -0.366. The molecule has 1 aliphatic rings. The summed E-state index contributed by atoms with van der Waals surface area (Å²) in [7, 11) is -0.366. The number of hydrogen-bond acceptors (Lipinski definition) is 6. The number of benzene rings is 1. The van der Waals surface area contributed by atoms with Crippen molar-refractivity contribution in [1.82, 2.24) is 9.36 Å². The topological polar surface area (TPSA) is 44.2 Å². The molecule has 0 unspecified atom stereocenters. The van der Waals surface area contributed by atoms with Gasteiger partial charge in [0.05, 0.1) is 37.5 Å². The van der Waals surface area contributed by atoms with Crippen molar-refractivity contribution in [3.8, 4) is 10.4 Å². The summed E-state index contributed by atoms with van der Waals surface area (Å²) >= 11 is 3.14. The molecular formula is C17H19BN2O2S2. The van der Waals surface area contributed by atoms with E-state index in [1.165, 1.54) is 11.5 Å². The molecule has 2 aromatic heterocycles. The zero-order valence-corrected chi connectivity index (χ0v) is 16.0. The Morgan fingerprint density at radius 3 is 2.42 bits per heavy atom. The highest BCUT2D eigenvalue weighted by atomic mass is 32.1. The summed E-state index contributed by atoms with van der Waals surface area (Å²) in [6, 6.07) is 6.32. The van der Waals surface area contributed by atoms with E-state index in [-0.39, 0.29) is 18.3 Å². The standard InChI is InChI=1S/C17H19BN2O2S2/c1-10-8-13(24-20-10)11-6-7-12(15-14(11)19-9-23-15)18-21-16(2,3)17(4,5)22-18/h6-9H,1-5H3. The maximum atomic E-state index is 6.22. The fourth-order valence-electron chi connectivity index (χ4n) is 2.82. The molecule has 3 aromatic rings. The molecule has 7 heteroatoms. The maximum Gasteiger partial charge on any atom is 0.496 e. The summed E-state index contributed by atoms with van der Waals surface area (Å²) in [5.41, 5.74) is 5.40. The Kier molecular flexibility index (Phi) is 3.62. The number of fused-ring (bicyclic) bond motifs is 1. The first kappa shape index (κ1) is 16.2. The van der Waals surface area contributed by atoms with Crippen LogP contribution in [0, 0.1) is 6.92 Å². The van der Waals surface area contributed by atoms with Crippen molar-refractivity contribution in [3.05, 3.63) is 29.4 Å². The second-order valence-corrected chi connectivity index (χ2v) is 8.81. The van der Waals surface area contributed by atoms with E-state index in [1.54, 1.807) is 11.3 Å². The van der Waals surface area contributed by atoms with Crippen LogP contribution in [0.4, 0.5) is 0 Å². The maximum absolute atomic E-state index is 6.22. The number of nitrogens with zero attached hydrogens (tertiary/aromatic N) is 2. The lowest BCUT2D eigenvalue weighted by Gasteiger charge is -2.32. The SMILES string of the molecule is Cc1cc(-c2ccc(B3OC(C)(C)C(C)(C)O3)c3scnc23)sn1. The lowest BCUT2D eigenvalue weighted by atomic mass is 9.78. The van der Waals surface area contributed by atoms with Gasteiger partial charge in [-0.05, 0) is 52.2 Å². The Bertz CT molecular complexity index is 900. The molecule has 24 heavy (non-hydrogen) atoms. The molecule has 0 spiro atoms. The van der Waals surface area contributed by atoms with Crippen molar-refractivity contribution in [1.29, 1.82) is 0 Å². The first-order valence-corrected chi connectivity index (χ1v) is 9.59. The van der Waals surface area contributed by atoms with Crippen molar-refractivity contribution >= 4 is 45.7 Å². The molecule has 0 radical (unpaired) electrons. The fraction of sp³-hybridized carbons (Fsp3) is 0.412. The van der Waals surface area contributed by atoms with E-state index in [4.69, 9.17) is 9.31 Å². The molecular weight excluding hydrogens is 339 g/mol. The number of aryl methyl sites for hydroxylation is 1. The van der Waals surface area contributed by atoms with Crippen LogP contribution in [-0.4, -0.2) is 27.7 Å². The molecule has 4 rings (SSSR count). The van der Waals surface area contributed by atoms with Gasteiger partial charge in [-0.1, -0.05) is 12.1 Å². The third-order valence-electron chi connectivity index (χ3n) is 4.91. The summed E-state index contributed by atoms with van der Waals surface area (Å²) in [6.07, 6.45) is 0. The zero-order valence-electron chi connectivity index (χ0n) is 14.4. The number of hydrogen-bond donors (Lipinski definition) is 0. The van der Waals surface area contributed by atoms with Crippen LogP contribution in [0.15, 0.2) is 23.7 Å². The van der Waals surface area contributed by atoms with Crippen LogP contribution in [0.1, 0.15) is 33.4 Å². The van der Waals surface area contributed by atoms with E-state index in [0.29, 0.717) is 0 Å². The summed E-state index contributed by atoms with van der Waals surface area (Å²) in [5, 5.41) is 0. The molecule has 1 aliphatic heterocycles. The fourth-order valence-corrected chi connectivity index (χ4v) is 4.44. The average molecular weight is 358 g/mol. The number of thiazole rings is 1. The third-order valence-corrected chi connectivity index (χ3v) is 6.70. The van der Waals surface area contributed by atoms with E-state index in [2.05, 4.69) is 55.3 Å². The highest BCUT2D eigenvalue weighted by Gasteiger charge is 2.52. The molecule has 0 N–H and O–H groups in total. The molecule has 0 bridgehead atoms. The van der Waals surface area contributed by atoms with Crippen molar-refractivity contribution in [3.63, 3.8) is 0 Å². The Morgan fingerprint density at radius 1 is 1.08 bits per heavy atom. The number of rotatable bonds is 2. The normalized spacial score (nSPS) is 19.3. The molecule has 1 fully saturated rings. The van der Waals surface area contributed by atoms with Crippen molar-refractivity contribution in [2.24, 2.45) is 0 Å². The Labute approximate surface area is 150 Å². The van der Waals surface area contributed by atoms with Gasteiger partial charge in [0.25, 0.3) is 0 Å². The second kappa shape index (κ2) is 5.36. The minimum Gasteiger partial charge on any atom is -0.399 e. The van der Waals surface area contributed by atoms with Crippen LogP contribution in [0.5, 0.6) is 0 Å². The molecule has 0 aliphatic carbocycles. The Hall–Kier alpha value is -1.28. The van der Waals surface area contributed by atoms with Crippen LogP contribution in [0.3, 0.4) is 0 Å². The van der Waals surface area contributed by atoms with Crippen LogP contribution in [0.2, 0.25) is 0 Å². The monoisotopic (exact) mass is 358 g/mol. The van der Waals surface area contributed by atoms with Crippen LogP contribution in [-0.2, 0) is 9.31 Å². The molecule has 3 heterocycles. The van der Waals surface area contributed by atoms with Gasteiger partial charge in [-0.25, -0.2) is 4.98 Å². The van der Waals surface area contributed by atoms with Crippen LogP contribution >= 0.6 is 22.9 Å². The molecule has 0 amide bonds. The van der Waals surface area contributed by atoms with E-state index < -0.39 is 0 Å². The van der Waals surface area contributed by atoms with Gasteiger partial charge in [-0.2, -0.15) is 4.37 Å². The quantitative estimate of drug-likeness (QED) is 0.649. The van der Waals surface area contributed by atoms with Crippen LogP contribution in [0.25, 0.3) is 20.7 Å². The summed E-state index contributed by atoms with van der Waals surface area (Å²) in [4.78, 5) is 5.74. The van der Waals surface area contributed by atoms with Gasteiger partial charge >= 0.3 is 7.12 Å². The minimum absolute atomic E-state index is 0.345. The van der Waals surface area contributed by atoms with E-state index in [9.17, 15) is 0 Å². The van der Waals surface area contributed by atoms with Crippen molar-refractivity contribution < 1.29 is 9.31 Å². The molecule has 1 saturated heterocycles. The van der Waals surface area contributed by atoms with Crippen molar-refractivity contribution in [2.45, 2.75) is 45.8 Å². The van der Waals surface area contributed by atoms with Gasteiger partial charge in [0.15, 0.2) is 0 Å². The first-order chi connectivity index (χ1) is 11.3. The van der Waals surface area contributed by atoms with Gasteiger partial charge in [0.2, 0.25) is 0 Å². The lowest BCUT2D eigenvalue weighted by Crippen LogP contribution is -2.41. The van der Waals surface area contributed by atoms with Gasteiger partial charge in [-0.15, -0.1) is 11.3 Å². The Morgan fingerprint density at radius 2 is 1.79 bits per heavy atom. The van der Waals surface area contributed by atoms with Gasteiger partial charge < -0.3 is 9.31 Å². The predicted octanol–water partition coefficient (Wildman–Crippen LogP) is 4.03. The van der Waals surface area contributed by atoms with E-state index in [0.717, 1.165) is 31.8 Å². The largest absolute Gasteiger partial charge is 0.496 e. The molecule has 124 valence electrons. The van der Waals surface area contributed by atoms with E-state index >= 15 is 0 Å². The highest BCUT2D eigenvalue weighted by molar-refractivity contribution is 7.18. The first-order valence-electron chi connectivity index (χ1n) is 7.94. The third kappa shape index (κ3) is 2.42.